The van der Waals surface area contributed by atoms with Crippen molar-refractivity contribution in [1.82, 2.24) is 25.3 Å². The van der Waals surface area contributed by atoms with Gasteiger partial charge in [0.2, 0.25) is 5.95 Å². The first kappa shape index (κ1) is 17.7. The lowest BCUT2D eigenvalue weighted by Crippen LogP contribution is -2.34. The third-order valence-corrected chi connectivity index (χ3v) is 2.76. The van der Waals surface area contributed by atoms with Gasteiger partial charge in [-0.05, 0) is 20.8 Å². The lowest BCUT2D eigenvalue weighted by molar-refractivity contribution is 0.0502. The Morgan fingerprint density at radius 3 is 2.79 bits per heavy atom. The summed E-state index contributed by atoms with van der Waals surface area (Å²) >= 11 is 0. The van der Waals surface area contributed by atoms with Crippen molar-refractivity contribution in [2.24, 2.45) is 0 Å². The van der Waals surface area contributed by atoms with Gasteiger partial charge >= 0.3 is 6.09 Å². The van der Waals surface area contributed by atoms with Crippen LogP contribution in [0, 0.1) is 0 Å². The van der Waals surface area contributed by atoms with Crippen LogP contribution in [0.2, 0.25) is 0 Å². The molecule has 0 aromatic carbocycles. The molecule has 0 fully saturated rings. The Morgan fingerprint density at radius 1 is 1.29 bits per heavy atom. The zero-order chi connectivity index (χ0) is 17.6. The van der Waals surface area contributed by atoms with Crippen LogP contribution in [-0.2, 0) is 9.47 Å². The number of hydrogen-bond acceptors (Lipinski definition) is 8. The van der Waals surface area contributed by atoms with Gasteiger partial charge in [0.25, 0.3) is 0 Å². The van der Waals surface area contributed by atoms with Gasteiger partial charge in [0.05, 0.1) is 19.5 Å². The molecule has 0 aliphatic rings. The Balaban J connectivity index is 1.60. The molecule has 0 atom stereocenters. The lowest BCUT2D eigenvalue weighted by atomic mass is 10.2. The first-order valence-electron chi connectivity index (χ1n) is 7.60. The zero-order valence-corrected chi connectivity index (χ0v) is 14.0. The smallest absolute Gasteiger partial charge is 0.407 e. The summed E-state index contributed by atoms with van der Waals surface area (Å²) in [6.07, 6.45) is 1.06. The van der Waals surface area contributed by atoms with Gasteiger partial charge in [0, 0.05) is 13.1 Å². The predicted octanol–water partition coefficient (Wildman–Crippen LogP) is 0.888. The summed E-state index contributed by atoms with van der Waals surface area (Å²) < 4.78 is 10.5. The van der Waals surface area contributed by atoms with Crippen molar-refractivity contribution in [2.75, 3.05) is 37.4 Å². The molecule has 132 valence electrons. The van der Waals surface area contributed by atoms with Crippen molar-refractivity contribution < 1.29 is 14.3 Å². The largest absolute Gasteiger partial charge is 0.444 e. The van der Waals surface area contributed by atoms with Crippen molar-refractivity contribution >= 4 is 29.0 Å². The summed E-state index contributed by atoms with van der Waals surface area (Å²) in [5.41, 5.74) is 6.41. The van der Waals surface area contributed by atoms with Crippen LogP contribution < -0.4 is 16.4 Å². The number of carbonyl (C=O) groups excluding carboxylic acids is 1. The number of nitrogens with two attached hydrogens (primary N) is 1. The normalized spacial score (nSPS) is 11.5. The van der Waals surface area contributed by atoms with Crippen LogP contribution in [0.5, 0.6) is 0 Å². The number of carbonyl (C=O) groups is 1. The summed E-state index contributed by atoms with van der Waals surface area (Å²) in [5.74, 6) is 0.727. The molecule has 0 aliphatic carbocycles. The van der Waals surface area contributed by atoms with Crippen molar-refractivity contribution in [3.05, 3.63) is 6.33 Å². The van der Waals surface area contributed by atoms with Gasteiger partial charge in [-0.2, -0.15) is 9.97 Å². The Hall–Kier alpha value is -2.62. The van der Waals surface area contributed by atoms with E-state index in [0.717, 1.165) is 0 Å². The van der Waals surface area contributed by atoms with Gasteiger partial charge < -0.3 is 30.8 Å². The topological polar surface area (TPSA) is 140 Å². The van der Waals surface area contributed by atoms with Gasteiger partial charge in [0.1, 0.15) is 11.1 Å². The maximum absolute atomic E-state index is 11.4. The number of rotatable bonds is 7. The number of anilines is 2. The highest BCUT2D eigenvalue weighted by atomic mass is 16.6. The van der Waals surface area contributed by atoms with E-state index in [-0.39, 0.29) is 0 Å². The standard InChI is InChI=1S/C14H23N7O3/c1-14(2,3)24-13(22)17-5-7-23-6-4-16-12-20-10(15)9-11(21-12)19-8-18-9/h8H,4-7H2,1-3H3,(H,17,22)(H4,15,16,18,19,20,21). The van der Waals surface area contributed by atoms with Gasteiger partial charge in [-0.15, -0.1) is 0 Å². The number of H-pyrrole nitrogens is 1. The highest BCUT2D eigenvalue weighted by Crippen LogP contribution is 2.14. The molecule has 0 saturated heterocycles. The predicted molar refractivity (Wildman–Crippen MR) is 89.6 cm³/mol. The first-order chi connectivity index (χ1) is 11.3. The average molecular weight is 337 g/mol. The Bertz CT molecular complexity index is 681. The molecule has 0 saturated carbocycles. The molecule has 2 aromatic heterocycles. The van der Waals surface area contributed by atoms with Gasteiger partial charge in [-0.1, -0.05) is 0 Å². The second kappa shape index (κ2) is 7.77. The Kier molecular flexibility index (Phi) is 5.74. The third kappa shape index (κ3) is 5.54. The molecule has 0 aliphatic heterocycles. The maximum atomic E-state index is 11.4. The number of fused-ring (bicyclic) bond motifs is 1. The Labute approximate surface area is 139 Å². The summed E-state index contributed by atoms with van der Waals surface area (Å²) in [6.45, 7) is 7.11. The van der Waals surface area contributed by atoms with E-state index in [1.807, 2.05) is 20.8 Å². The van der Waals surface area contributed by atoms with Gasteiger partial charge in [0.15, 0.2) is 11.5 Å². The third-order valence-electron chi connectivity index (χ3n) is 2.76. The number of aromatic nitrogens is 4. The molecule has 10 heteroatoms. The van der Waals surface area contributed by atoms with Crippen LogP contribution in [0.3, 0.4) is 0 Å². The number of aromatic amines is 1. The van der Waals surface area contributed by atoms with Gasteiger partial charge in [-0.25, -0.2) is 9.78 Å². The van der Waals surface area contributed by atoms with Crippen LogP contribution in [0.1, 0.15) is 20.8 Å². The highest BCUT2D eigenvalue weighted by molar-refractivity contribution is 5.82. The number of ether oxygens (including phenoxy) is 2. The summed E-state index contributed by atoms with van der Waals surface area (Å²) in [5, 5.41) is 5.62. The molecular weight excluding hydrogens is 314 g/mol. The summed E-state index contributed by atoms with van der Waals surface area (Å²) in [4.78, 5) is 26.7. The highest BCUT2D eigenvalue weighted by Gasteiger charge is 2.15. The fourth-order valence-electron chi connectivity index (χ4n) is 1.81. The van der Waals surface area contributed by atoms with E-state index >= 15 is 0 Å². The number of alkyl carbamates (subject to hydrolysis) is 1. The molecule has 2 aromatic rings. The fourth-order valence-corrected chi connectivity index (χ4v) is 1.81. The van der Waals surface area contributed by atoms with Crippen molar-refractivity contribution in [3.63, 3.8) is 0 Å². The minimum atomic E-state index is -0.508. The molecule has 0 bridgehead atoms. The summed E-state index contributed by atoms with van der Waals surface area (Å²) in [7, 11) is 0. The first-order valence-corrected chi connectivity index (χ1v) is 7.60. The molecule has 0 spiro atoms. The van der Waals surface area contributed by atoms with E-state index in [2.05, 4.69) is 30.6 Å². The molecule has 0 unspecified atom stereocenters. The van der Waals surface area contributed by atoms with E-state index in [0.29, 0.717) is 49.2 Å². The van der Waals surface area contributed by atoms with Gasteiger partial charge in [-0.3, -0.25) is 0 Å². The SMILES string of the molecule is CC(C)(C)OC(=O)NCCOCCNc1nc(N)c2[nH]cnc2n1. The Morgan fingerprint density at radius 2 is 2.04 bits per heavy atom. The zero-order valence-electron chi connectivity index (χ0n) is 14.0. The second-order valence-corrected chi connectivity index (χ2v) is 6.00. The molecule has 5 N–H and O–H groups in total. The number of nitrogens with zero attached hydrogens (tertiary/aromatic N) is 3. The molecule has 24 heavy (non-hydrogen) atoms. The lowest BCUT2D eigenvalue weighted by Gasteiger charge is -2.19. The van der Waals surface area contributed by atoms with Crippen LogP contribution >= 0.6 is 0 Å². The minimum Gasteiger partial charge on any atom is -0.444 e. The van der Waals surface area contributed by atoms with E-state index in [1.54, 1.807) is 0 Å². The number of imidazole rings is 1. The molecular formula is C14H23N7O3. The monoisotopic (exact) mass is 337 g/mol. The maximum Gasteiger partial charge on any atom is 0.407 e. The average Bonchev–Trinajstić information content (AvgIpc) is 2.93. The quantitative estimate of drug-likeness (QED) is 0.546. The van der Waals surface area contributed by atoms with Crippen molar-refractivity contribution in [3.8, 4) is 0 Å². The molecule has 2 heterocycles. The van der Waals surface area contributed by atoms with Crippen LogP contribution in [0.4, 0.5) is 16.6 Å². The van der Waals surface area contributed by atoms with Crippen LogP contribution in [0.25, 0.3) is 11.2 Å². The van der Waals surface area contributed by atoms with Crippen LogP contribution in [0.15, 0.2) is 6.33 Å². The summed E-state index contributed by atoms with van der Waals surface area (Å²) in [6, 6.07) is 0. The molecule has 1 amide bonds. The minimum absolute atomic E-state index is 0.336. The van der Waals surface area contributed by atoms with E-state index < -0.39 is 11.7 Å². The molecule has 10 nitrogen and oxygen atoms in total. The van der Waals surface area contributed by atoms with E-state index in [9.17, 15) is 4.79 Å². The van der Waals surface area contributed by atoms with Crippen LogP contribution in [-0.4, -0.2) is 57.9 Å². The number of amides is 1. The molecule has 0 radical (unpaired) electrons. The number of hydrogen-bond donors (Lipinski definition) is 4. The van der Waals surface area contributed by atoms with Crippen molar-refractivity contribution in [1.29, 1.82) is 0 Å². The number of nitrogens with one attached hydrogen (secondary N) is 3. The van der Waals surface area contributed by atoms with Crippen molar-refractivity contribution in [2.45, 2.75) is 26.4 Å². The van der Waals surface area contributed by atoms with E-state index in [1.165, 1.54) is 6.33 Å². The number of nitrogen functional groups attached to an aromatic ring is 1. The second-order valence-electron chi connectivity index (χ2n) is 6.00. The van der Waals surface area contributed by atoms with E-state index in [4.69, 9.17) is 15.2 Å². The molecule has 2 rings (SSSR count). The fraction of sp³-hybridized carbons (Fsp3) is 0.571.